The quantitative estimate of drug-likeness (QED) is 0.755. The molecule has 1 aliphatic carbocycles. The Hall–Kier alpha value is -0.540. The Morgan fingerprint density at radius 3 is 2.89 bits per heavy atom. The van der Waals surface area contributed by atoms with Gasteiger partial charge in [0, 0.05) is 23.3 Å². The largest absolute Gasteiger partial charge is 0.335 e. The van der Waals surface area contributed by atoms with E-state index in [2.05, 4.69) is 19.9 Å². The fraction of sp³-hybridized carbons (Fsp3) is 0.643. The van der Waals surface area contributed by atoms with E-state index in [1.165, 1.54) is 16.9 Å². The van der Waals surface area contributed by atoms with Crippen molar-refractivity contribution in [1.29, 1.82) is 0 Å². The van der Waals surface area contributed by atoms with Crippen LogP contribution in [0.15, 0.2) is 6.07 Å². The van der Waals surface area contributed by atoms with Gasteiger partial charge in [-0.1, -0.05) is 0 Å². The predicted octanol–water partition coefficient (Wildman–Crippen LogP) is 3.72. The van der Waals surface area contributed by atoms with E-state index in [1.807, 2.05) is 4.90 Å². The summed E-state index contributed by atoms with van der Waals surface area (Å²) in [6.07, 6.45) is 4.39. The first-order chi connectivity index (χ1) is 8.63. The number of fused-ring (bicyclic) bond motifs is 1. The fourth-order valence-corrected chi connectivity index (χ4v) is 3.73. The molecular weight excluding hydrogens is 266 g/mol. The normalized spacial score (nSPS) is 14.0. The number of hydrogen-bond acceptors (Lipinski definition) is 2. The first-order valence-corrected chi connectivity index (χ1v) is 7.97. The van der Waals surface area contributed by atoms with Crippen molar-refractivity contribution in [3.05, 3.63) is 21.4 Å². The number of rotatable bonds is 5. The standard InChI is InChI=1S/C14H20ClNOS/c1-10(2)16(8-4-7-15)14(17)13-9-11-5-3-6-12(11)18-13/h9-10H,3-8H2,1-2H3. The summed E-state index contributed by atoms with van der Waals surface area (Å²) in [6, 6.07) is 2.34. The van der Waals surface area contributed by atoms with Gasteiger partial charge in [-0.05, 0) is 51.2 Å². The molecule has 0 aliphatic heterocycles. The van der Waals surface area contributed by atoms with Crippen LogP contribution < -0.4 is 0 Å². The van der Waals surface area contributed by atoms with E-state index < -0.39 is 0 Å². The number of nitrogens with zero attached hydrogens (tertiary/aromatic N) is 1. The van der Waals surface area contributed by atoms with Gasteiger partial charge in [0.15, 0.2) is 0 Å². The third-order valence-corrected chi connectivity index (χ3v) is 4.87. The molecule has 0 saturated carbocycles. The Morgan fingerprint density at radius 1 is 1.50 bits per heavy atom. The van der Waals surface area contributed by atoms with Gasteiger partial charge in [-0.2, -0.15) is 0 Å². The first kappa shape index (κ1) is 13.9. The molecule has 1 amide bonds. The molecule has 2 nitrogen and oxygen atoms in total. The third kappa shape index (κ3) is 2.89. The molecule has 1 heterocycles. The molecule has 0 spiro atoms. The molecule has 0 saturated heterocycles. The number of hydrogen-bond donors (Lipinski definition) is 0. The van der Waals surface area contributed by atoms with Crippen LogP contribution >= 0.6 is 22.9 Å². The van der Waals surface area contributed by atoms with Crippen LogP contribution in [0.2, 0.25) is 0 Å². The predicted molar refractivity (Wildman–Crippen MR) is 77.9 cm³/mol. The Kier molecular flexibility index (Phi) is 4.68. The van der Waals surface area contributed by atoms with Crippen LogP contribution in [-0.2, 0) is 12.8 Å². The van der Waals surface area contributed by atoms with Crippen LogP contribution in [0.3, 0.4) is 0 Å². The number of alkyl halides is 1. The van der Waals surface area contributed by atoms with Crippen molar-refractivity contribution < 1.29 is 4.79 Å². The number of thiophene rings is 1. The van der Waals surface area contributed by atoms with Crippen molar-refractivity contribution in [3.63, 3.8) is 0 Å². The SMILES string of the molecule is CC(C)N(CCCCl)C(=O)c1cc2c(s1)CCC2. The van der Waals surface area contributed by atoms with Crippen molar-refractivity contribution >= 4 is 28.8 Å². The van der Waals surface area contributed by atoms with Crippen LogP contribution in [0.1, 0.15) is 46.8 Å². The number of aryl methyl sites for hydroxylation is 2. The fourth-order valence-electron chi connectivity index (χ4n) is 2.40. The summed E-state index contributed by atoms with van der Waals surface area (Å²) in [5.41, 5.74) is 1.39. The minimum absolute atomic E-state index is 0.175. The second kappa shape index (κ2) is 6.07. The lowest BCUT2D eigenvalue weighted by Gasteiger charge is -2.26. The molecule has 2 rings (SSSR count). The minimum Gasteiger partial charge on any atom is -0.335 e. The van der Waals surface area contributed by atoms with Crippen LogP contribution in [0.25, 0.3) is 0 Å². The highest BCUT2D eigenvalue weighted by molar-refractivity contribution is 7.14. The van der Waals surface area contributed by atoms with Crippen molar-refractivity contribution in [2.45, 2.75) is 45.6 Å². The lowest BCUT2D eigenvalue weighted by molar-refractivity contribution is 0.0711. The van der Waals surface area contributed by atoms with Gasteiger partial charge in [-0.3, -0.25) is 4.79 Å². The maximum Gasteiger partial charge on any atom is 0.264 e. The summed E-state index contributed by atoms with van der Waals surface area (Å²) in [6.45, 7) is 4.88. The van der Waals surface area contributed by atoms with Gasteiger partial charge in [0.1, 0.15) is 0 Å². The monoisotopic (exact) mass is 285 g/mol. The second-order valence-corrected chi connectivity index (χ2v) is 6.56. The Morgan fingerprint density at radius 2 is 2.28 bits per heavy atom. The molecule has 0 fully saturated rings. The van der Waals surface area contributed by atoms with Crippen molar-refractivity contribution in [1.82, 2.24) is 4.90 Å². The molecule has 4 heteroatoms. The van der Waals surface area contributed by atoms with Crippen molar-refractivity contribution in [3.8, 4) is 0 Å². The molecule has 1 aromatic rings. The highest BCUT2D eigenvalue weighted by Gasteiger charge is 2.23. The van der Waals surface area contributed by atoms with Gasteiger partial charge < -0.3 is 4.90 Å². The van der Waals surface area contributed by atoms with E-state index >= 15 is 0 Å². The smallest absolute Gasteiger partial charge is 0.264 e. The summed E-state index contributed by atoms with van der Waals surface area (Å²) < 4.78 is 0. The van der Waals surface area contributed by atoms with Crippen LogP contribution in [0, 0.1) is 0 Å². The molecule has 100 valence electrons. The average Bonchev–Trinajstić information content (AvgIpc) is 2.88. The number of carbonyl (C=O) groups is 1. The molecule has 0 radical (unpaired) electrons. The lowest BCUT2D eigenvalue weighted by Crippen LogP contribution is -2.37. The summed E-state index contributed by atoms with van der Waals surface area (Å²) >= 11 is 7.41. The number of amides is 1. The van der Waals surface area contributed by atoms with E-state index in [-0.39, 0.29) is 11.9 Å². The summed E-state index contributed by atoms with van der Waals surface area (Å²) in [7, 11) is 0. The zero-order chi connectivity index (χ0) is 13.1. The third-order valence-electron chi connectivity index (χ3n) is 3.37. The van der Waals surface area contributed by atoms with Gasteiger partial charge in [-0.25, -0.2) is 0 Å². The maximum absolute atomic E-state index is 12.5. The first-order valence-electron chi connectivity index (χ1n) is 6.62. The summed E-state index contributed by atoms with van der Waals surface area (Å²) in [5, 5.41) is 0. The van der Waals surface area contributed by atoms with Crippen molar-refractivity contribution in [2.75, 3.05) is 12.4 Å². The average molecular weight is 286 g/mol. The summed E-state index contributed by atoms with van der Waals surface area (Å²) in [5.74, 6) is 0.784. The van der Waals surface area contributed by atoms with E-state index in [4.69, 9.17) is 11.6 Å². The molecule has 18 heavy (non-hydrogen) atoms. The molecule has 1 aliphatic rings. The Labute approximate surface area is 118 Å². The maximum atomic E-state index is 12.5. The molecule has 0 atom stereocenters. The Balaban J connectivity index is 2.11. The zero-order valence-corrected chi connectivity index (χ0v) is 12.6. The van der Waals surface area contributed by atoms with E-state index in [0.29, 0.717) is 5.88 Å². The second-order valence-electron chi connectivity index (χ2n) is 5.05. The molecule has 1 aromatic heterocycles. The van der Waals surface area contributed by atoms with Gasteiger partial charge in [0.05, 0.1) is 4.88 Å². The van der Waals surface area contributed by atoms with Crippen molar-refractivity contribution in [2.24, 2.45) is 0 Å². The van der Waals surface area contributed by atoms with Gasteiger partial charge in [-0.15, -0.1) is 22.9 Å². The Bertz CT molecular complexity index is 406. The number of carbonyl (C=O) groups excluding carboxylic acids is 1. The molecule has 0 N–H and O–H groups in total. The van der Waals surface area contributed by atoms with E-state index in [0.717, 1.165) is 30.7 Å². The zero-order valence-electron chi connectivity index (χ0n) is 11.0. The topological polar surface area (TPSA) is 20.3 Å². The molecule has 0 unspecified atom stereocenters. The van der Waals surface area contributed by atoms with Crippen LogP contribution in [-0.4, -0.2) is 29.3 Å². The minimum atomic E-state index is 0.175. The molecule has 0 bridgehead atoms. The van der Waals surface area contributed by atoms with Gasteiger partial charge in [0.25, 0.3) is 5.91 Å². The van der Waals surface area contributed by atoms with Crippen LogP contribution in [0.4, 0.5) is 0 Å². The highest BCUT2D eigenvalue weighted by atomic mass is 35.5. The van der Waals surface area contributed by atoms with Crippen LogP contribution in [0.5, 0.6) is 0 Å². The highest BCUT2D eigenvalue weighted by Crippen LogP contribution is 2.31. The van der Waals surface area contributed by atoms with Gasteiger partial charge in [0.2, 0.25) is 0 Å². The number of halogens is 1. The van der Waals surface area contributed by atoms with E-state index in [1.54, 1.807) is 11.3 Å². The molecule has 0 aromatic carbocycles. The summed E-state index contributed by atoms with van der Waals surface area (Å²) in [4.78, 5) is 16.7. The van der Waals surface area contributed by atoms with Gasteiger partial charge >= 0.3 is 0 Å². The molecular formula is C14H20ClNOS. The lowest BCUT2D eigenvalue weighted by atomic mass is 10.2. The van der Waals surface area contributed by atoms with E-state index in [9.17, 15) is 4.79 Å².